The number of halogens is 1. The summed E-state index contributed by atoms with van der Waals surface area (Å²) in [4.78, 5) is 1.98. The first-order chi connectivity index (χ1) is 8.07. The van der Waals surface area contributed by atoms with Gasteiger partial charge < -0.3 is 10.6 Å². The van der Waals surface area contributed by atoms with E-state index in [1.54, 1.807) is 6.07 Å². The van der Waals surface area contributed by atoms with E-state index in [9.17, 15) is 4.39 Å². The molecule has 0 aromatic heterocycles. The van der Waals surface area contributed by atoms with E-state index in [0.29, 0.717) is 5.69 Å². The molecule has 0 radical (unpaired) electrons. The second kappa shape index (κ2) is 6.60. The molecule has 0 heterocycles. The Labute approximate surface area is 104 Å². The highest BCUT2D eigenvalue weighted by Gasteiger charge is 2.14. The smallest absolute Gasteiger partial charge is 0.146 e. The van der Waals surface area contributed by atoms with E-state index in [1.165, 1.54) is 18.9 Å². The van der Waals surface area contributed by atoms with Gasteiger partial charge in [0.2, 0.25) is 0 Å². The van der Waals surface area contributed by atoms with Gasteiger partial charge in [-0.05, 0) is 25.0 Å². The lowest BCUT2D eigenvalue weighted by Crippen LogP contribution is -2.23. The van der Waals surface area contributed by atoms with E-state index in [-0.39, 0.29) is 11.9 Å². The maximum atomic E-state index is 13.9. The third-order valence-corrected chi connectivity index (χ3v) is 2.99. The predicted molar refractivity (Wildman–Crippen MR) is 71.8 cm³/mol. The Morgan fingerprint density at radius 3 is 2.65 bits per heavy atom. The molecular weight excluding hydrogens is 215 g/mol. The van der Waals surface area contributed by atoms with Gasteiger partial charge in [-0.25, -0.2) is 4.39 Å². The van der Waals surface area contributed by atoms with Crippen molar-refractivity contribution in [3.8, 4) is 0 Å². The first kappa shape index (κ1) is 14.0. The van der Waals surface area contributed by atoms with E-state index < -0.39 is 0 Å². The first-order valence-corrected chi connectivity index (χ1v) is 6.33. The SMILES string of the molecule is CCCCCN(C)c1c(F)cccc1[C@H](C)N. The van der Waals surface area contributed by atoms with Crippen molar-refractivity contribution in [2.45, 2.75) is 39.2 Å². The predicted octanol–water partition coefficient (Wildman–Crippen LogP) is 3.47. The molecule has 0 saturated carbocycles. The Bertz CT molecular complexity index is 350. The van der Waals surface area contributed by atoms with Gasteiger partial charge in [0, 0.05) is 19.6 Å². The molecule has 1 aromatic rings. The molecule has 0 saturated heterocycles. The minimum atomic E-state index is -0.182. The van der Waals surface area contributed by atoms with Crippen LogP contribution >= 0.6 is 0 Å². The Balaban J connectivity index is 2.87. The van der Waals surface area contributed by atoms with Gasteiger partial charge in [0.25, 0.3) is 0 Å². The summed E-state index contributed by atoms with van der Waals surface area (Å²) in [5.41, 5.74) is 7.41. The highest BCUT2D eigenvalue weighted by Crippen LogP contribution is 2.27. The average molecular weight is 238 g/mol. The van der Waals surface area contributed by atoms with Crippen molar-refractivity contribution in [1.82, 2.24) is 0 Å². The van der Waals surface area contributed by atoms with Crippen LogP contribution < -0.4 is 10.6 Å². The van der Waals surface area contributed by atoms with Gasteiger partial charge >= 0.3 is 0 Å². The largest absolute Gasteiger partial charge is 0.372 e. The van der Waals surface area contributed by atoms with Crippen molar-refractivity contribution in [3.63, 3.8) is 0 Å². The highest BCUT2D eigenvalue weighted by atomic mass is 19.1. The molecule has 0 aliphatic carbocycles. The summed E-state index contributed by atoms with van der Waals surface area (Å²) in [5.74, 6) is -0.182. The molecule has 0 amide bonds. The Morgan fingerprint density at radius 2 is 2.06 bits per heavy atom. The van der Waals surface area contributed by atoms with Crippen molar-refractivity contribution in [2.24, 2.45) is 5.73 Å². The zero-order valence-corrected chi connectivity index (χ0v) is 11.0. The summed E-state index contributed by atoms with van der Waals surface area (Å²) in [5, 5.41) is 0. The number of unbranched alkanes of at least 4 members (excludes halogenated alkanes) is 2. The van der Waals surface area contributed by atoms with E-state index >= 15 is 0 Å². The number of nitrogens with two attached hydrogens (primary N) is 1. The molecule has 0 aliphatic rings. The summed E-state index contributed by atoms with van der Waals surface area (Å²) in [6.45, 7) is 4.92. The van der Waals surface area contributed by atoms with Gasteiger partial charge in [0.15, 0.2) is 0 Å². The molecule has 1 rings (SSSR count). The second-order valence-electron chi connectivity index (χ2n) is 4.60. The molecule has 0 spiro atoms. The number of rotatable bonds is 6. The monoisotopic (exact) mass is 238 g/mol. The molecule has 0 aliphatic heterocycles. The van der Waals surface area contributed by atoms with Crippen LogP contribution in [0.3, 0.4) is 0 Å². The van der Waals surface area contributed by atoms with Crippen molar-refractivity contribution < 1.29 is 4.39 Å². The van der Waals surface area contributed by atoms with Gasteiger partial charge in [-0.3, -0.25) is 0 Å². The number of nitrogens with zero attached hydrogens (tertiary/aromatic N) is 1. The van der Waals surface area contributed by atoms with Crippen LogP contribution in [0.15, 0.2) is 18.2 Å². The normalized spacial score (nSPS) is 12.5. The lowest BCUT2D eigenvalue weighted by atomic mass is 10.1. The van der Waals surface area contributed by atoms with Crippen LogP contribution in [-0.2, 0) is 0 Å². The third kappa shape index (κ3) is 3.70. The summed E-state index contributed by atoms with van der Waals surface area (Å²) >= 11 is 0. The summed E-state index contributed by atoms with van der Waals surface area (Å²) in [6.07, 6.45) is 3.43. The maximum Gasteiger partial charge on any atom is 0.146 e. The molecule has 0 fully saturated rings. The second-order valence-corrected chi connectivity index (χ2v) is 4.60. The number of hydrogen-bond acceptors (Lipinski definition) is 2. The molecule has 2 N–H and O–H groups in total. The standard InChI is InChI=1S/C14H23FN2/c1-4-5-6-10-17(3)14-12(11(2)16)8-7-9-13(14)15/h7-9,11H,4-6,10,16H2,1-3H3/t11-/m0/s1. The fourth-order valence-corrected chi connectivity index (χ4v) is 2.01. The van der Waals surface area contributed by atoms with Crippen LogP contribution in [0.4, 0.5) is 10.1 Å². The highest BCUT2D eigenvalue weighted by molar-refractivity contribution is 5.55. The Hall–Kier alpha value is -1.09. The van der Waals surface area contributed by atoms with Crippen LogP contribution in [0, 0.1) is 5.82 Å². The van der Waals surface area contributed by atoms with E-state index in [2.05, 4.69) is 6.92 Å². The van der Waals surface area contributed by atoms with Gasteiger partial charge in [0.1, 0.15) is 5.82 Å². The molecule has 3 heteroatoms. The van der Waals surface area contributed by atoms with Gasteiger partial charge in [-0.15, -0.1) is 0 Å². The zero-order valence-electron chi connectivity index (χ0n) is 11.0. The first-order valence-electron chi connectivity index (χ1n) is 6.33. The van der Waals surface area contributed by atoms with Crippen LogP contribution in [0.25, 0.3) is 0 Å². The summed E-state index contributed by atoms with van der Waals surface area (Å²) < 4.78 is 13.9. The third-order valence-electron chi connectivity index (χ3n) is 2.99. The minimum absolute atomic E-state index is 0.144. The van der Waals surface area contributed by atoms with Crippen LogP contribution in [0.2, 0.25) is 0 Å². The van der Waals surface area contributed by atoms with E-state index in [0.717, 1.165) is 18.5 Å². The molecule has 1 atom stereocenters. The molecular formula is C14H23FN2. The van der Waals surface area contributed by atoms with Crippen LogP contribution in [0.5, 0.6) is 0 Å². The number of para-hydroxylation sites is 1. The fourth-order valence-electron chi connectivity index (χ4n) is 2.01. The molecule has 1 aromatic carbocycles. The molecule has 0 unspecified atom stereocenters. The lowest BCUT2D eigenvalue weighted by Gasteiger charge is -2.24. The van der Waals surface area contributed by atoms with Gasteiger partial charge in [-0.1, -0.05) is 31.9 Å². The van der Waals surface area contributed by atoms with Gasteiger partial charge in [-0.2, -0.15) is 0 Å². The summed E-state index contributed by atoms with van der Waals surface area (Å²) in [6, 6.07) is 4.98. The van der Waals surface area contributed by atoms with Crippen molar-refractivity contribution in [1.29, 1.82) is 0 Å². The van der Waals surface area contributed by atoms with E-state index in [4.69, 9.17) is 5.73 Å². The zero-order chi connectivity index (χ0) is 12.8. The van der Waals surface area contributed by atoms with Crippen molar-refractivity contribution in [3.05, 3.63) is 29.6 Å². The average Bonchev–Trinajstić information content (AvgIpc) is 2.28. The Kier molecular flexibility index (Phi) is 5.42. The number of anilines is 1. The number of benzene rings is 1. The lowest BCUT2D eigenvalue weighted by molar-refractivity contribution is 0.610. The quantitative estimate of drug-likeness (QED) is 0.769. The van der Waals surface area contributed by atoms with Crippen LogP contribution in [0.1, 0.15) is 44.7 Å². The van der Waals surface area contributed by atoms with E-state index in [1.807, 2.05) is 24.9 Å². The molecule has 0 bridgehead atoms. The van der Waals surface area contributed by atoms with Gasteiger partial charge in [0.05, 0.1) is 5.69 Å². The number of hydrogen-bond donors (Lipinski definition) is 1. The Morgan fingerprint density at radius 1 is 1.35 bits per heavy atom. The van der Waals surface area contributed by atoms with Crippen LogP contribution in [-0.4, -0.2) is 13.6 Å². The molecule has 96 valence electrons. The van der Waals surface area contributed by atoms with Crippen molar-refractivity contribution >= 4 is 5.69 Å². The maximum absolute atomic E-state index is 13.9. The summed E-state index contributed by atoms with van der Waals surface area (Å²) in [7, 11) is 1.93. The minimum Gasteiger partial charge on any atom is -0.372 e. The fraction of sp³-hybridized carbons (Fsp3) is 0.571. The van der Waals surface area contributed by atoms with Crippen molar-refractivity contribution in [2.75, 3.05) is 18.5 Å². The molecule has 2 nitrogen and oxygen atoms in total. The topological polar surface area (TPSA) is 29.3 Å². The molecule has 17 heavy (non-hydrogen) atoms.